The summed E-state index contributed by atoms with van der Waals surface area (Å²) in [6.07, 6.45) is 0. The molecule has 0 amide bonds. The van der Waals surface area contributed by atoms with Crippen LogP contribution < -0.4 is 0 Å². The highest BCUT2D eigenvalue weighted by molar-refractivity contribution is 9.10. The Morgan fingerprint density at radius 3 is 2.00 bits per heavy atom. The van der Waals surface area contributed by atoms with Gasteiger partial charge in [-0.2, -0.15) is 0 Å². The van der Waals surface area contributed by atoms with Crippen LogP contribution in [0.1, 0.15) is 15.9 Å². The topological polar surface area (TPSA) is 37.3 Å². The third-order valence-electron chi connectivity index (χ3n) is 2.59. The lowest BCUT2D eigenvalue weighted by Gasteiger charge is -2.05. The maximum atomic E-state index is 12.2. The number of halogens is 3. The van der Waals surface area contributed by atoms with Gasteiger partial charge >= 0.3 is 0 Å². The smallest absolute Gasteiger partial charge is 0.208 e. The molecule has 2 rings (SSSR count). The first kappa shape index (κ1) is 15.3. The molecule has 0 fully saturated rings. The lowest BCUT2D eigenvalue weighted by atomic mass is 10.1. The number of rotatable bonds is 3. The number of carbonyl (C=O) groups excluding carboxylic acids is 1. The summed E-state index contributed by atoms with van der Waals surface area (Å²) in [6, 6.07) is 13.8. The maximum absolute atomic E-state index is 12.2. The van der Waals surface area contributed by atoms with Crippen LogP contribution in [0.25, 0.3) is 5.76 Å². The van der Waals surface area contributed by atoms with Crippen molar-refractivity contribution in [2.45, 2.75) is 0 Å². The van der Waals surface area contributed by atoms with E-state index in [9.17, 15) is 9.90 Å². The summed E-state index contributed by atoms with van der Waals surface area (Å²) in [7, 11) is 0. The van der Waals surface area contributed by atoms with Crippen molar-refractivity contribution in [2.24, 2.45) is 0 Å². The number of Topliss-reactive ketones (excluding diaryl/α,β-unsaturated/α-hetero) is 1. The van der Waals surface area contributed by atoms with Gasteiger partial charge in [-0.3, -0.25) is 4.79 Å². The van der Waals surface area contributed by atoms with Gasteiger partial charge in [-0.05, 0) is 24.3 Å². The molecule has 0 aromatic heterocycles. The fraction of sp³-hybridized carbons (Fsp3) is 0. The van der Waals surface area contributed by atoms with E-state index in [4.69, 9.17) is 11.6 Å². The number of allylic oxidation sites excluding steroid dienone is 1. The van der Waals surface area contributed by atoms with Gasteiger partial charge in [0.2, 0.25) is 5.78 Å². The Bertz CT molecular complexity index is 696. The van der Waals surface area contributed by atoms with Gasteiger partial charge in [-0.1, -0.05) is 67.7 Å². The first-order valence-electron chi connectivity index (χ1n) is 5.64. The maximum Gasteiger partial charge on any atom is 0.208 e. The number of ketones is 1. The van der Waals surface area contributed by atoms with Crippen LogP contribution >= 0.6 is 43.5 Å². The van der Waals surface area contributed by atoms with Gasteiger partial charge in [-0.15, -0.1) is 0 Å². The van der Waals surface area contributed by atoms with Crippen molar-refractivity contribution in [3.05, 3.63) is 73.6 Å². The molecular formula is C15H9Br2ClO2. The predicted octanol–water partition coefficient (Wildman–Crippen LogP) is 5.56. The number of carbonyl (C=O) groups is 1. The molecule has 2 aromatic rings. The number of aliphatic hydroxyl groups excluding tert-OH is 1. The molecule has 20 heavy (non-hydrogen) atoms. The predicted molar refractivity (Wildman–Crippen MR) is 88.0 cm³/mol. The quantitative estimate of drug-likeness (QED) is 0.404. The van der Waals surface area contributed by atoms with Crippen molar-refractivity contribution in [1.82, 2.24) is 0 Å². The normalized spacial score (nSPS) is 11.9. The Labute approximate surface area is 138 Å². The molecule has 0 radical (unpaired) electrons. The van der Waals surface area contributed by atoms with E-state index in [0.717, 1.165) is 8.95 Å². The van der Waals surface area contributed by atoms with E-state index in [1.165, 1.54) is 0 Å². The van der Waals surface area contributed by atoms with Crippen molar-refractivity contribution in [3.63, 3.8) is 0 Å². The number of aliphatic hydroxyl groups is 1. The van der Waals surface area contributed by atoms with Crippen molar-refractivity contribution in [1.29, 1.82) is 0 Å². The third-order valence-corrected chi connectivity index (χ3v) is 3.93. The molecule has 5 heteroatoms. The van der Waals surface area contributed by atoms with Crippen LogP contribution in [0.2, 0.25) is 0 Å². The lowest BCUT2D eigenvalue weighted by Crippen LogP contribution is -2.02. The Balaban J connectivity index is 2.41. The molecule has 0 aliphatic rings. The number of benzene rings is 2. The van der Waals surface area contributed by atoms with E-state index in [-0.39, 0.29) is 10.8 Å². The molecule has 0 heterocycles. The van der Waals surface area contributed by atoms with Crippen molar-refractivity contribution >= 4 is 55.0 Å². The van der Waals surface area contributed by atoms with E-state index in [1.54, 1.807) is 36.4 Å². The standard InChI is InChI=1S/C15H9Br2ClO2/c16-11-5-1-3-9(7-11)14(19)13(18)15(20)10-4-2-6-12(17)8-10/h1-8,19H. The minimum Gasteiger partial charge on any atom is -0.506 e. The van der Waals surface area contributed by atoms with Crippen LogP contribution in [0, 0.1) is 0 Å². The fourth-order valence-electron chi connectivity index (χ4n) is 1.63. The zero-order valence-corrected chi connectivity index (χ0v) is 14.0. The summed E-state index contributed by atoms with van der Waals surface area (Å²) < 4.78 is 1.57. The van der Waals surface area contributed by atoms with E-state index in [1.807, 2.05) is 12.1 Å². The minimum atomic E-state index is -0.426. The minimum absolute atomic E-state index is 0.207. The molecule has 2 nitrogen and oxygen atoms in total. The summed E-state index contributed by atoms with van der Waals surface area (Å²) in [4.78, 5) is 12.2. The van der Waals surface area contributed by atoms with Gasteiger partial charge in [0.05, 0.1) is 0 Å². The molecule has 0 unspecified atom stereocenters. The summed E-state index contributed by atoms with van der Waals surface area (Å²) >= 11 is 12.6. The van der Waals surface area contributed by atoms with Gasteiger partial charge in [-0.25, -0.2) is 0 Å². The molecule has 102 valence electrons. The molecule has 2 aromatic carbocycles. The molecule has 0 bridgehead atoms. The molecule has 0 atom stereocenters. The SMILES string of the molecule is O=C(C(Cl)=C(O)c1cccc(Br)c1)c1cccc(Br)c1. The summed E-state index contributed by atoms with van der Waals surface area (Å²) in [5, 5.41) is 9.90. The van der Waals surface area contributed by atoms with Crippen LogP contribution in [0.5, 0.6) is 0 Å². The average Bonchev–Trinajstić information content (AvgIpc) is 2.45. The van der Waals surface area contributed by atoms with Gasteiger partial charge < -0.3 is 5.11 Å². The summed E-state index contributed by atoms with van der Waals surface area (Å²) in [5.74, 6) is -0.664. The Morgan fingerprint density at radius 1 is 0.950 bits per heavy atom. The molecule has 0 spiro atoms. The molecule has 0 aliphatic carbocycles. The first-order valence-corrected chi connectivity index (χ1v) is 7.60. The summed E-state index contributed by atoms with van der Waals surface area (Å²) in [5.41, 5.74) is 0.888. The first-order chi connectivity index (χ1) is 9.49. The van der Waals surface area contributed by atoms with Gasteiger partial charge in [0.25, 0.3) is 0 Å². The zero-order valence-electron chi connectivity index (χ0n) is 10.1. The highest BCUT2D eigenvalue weighted by atomic mass is 79.9. The third kappa shape index (κ3) is 3.51. The van der Waals surface area contributed by atoms with Crippen molar-refractivity contribution in [2.75, 3.05) is 0 Å². The van der Waals surface area contributed by atoms with Crippen molar-refractivity contribution < 1.29 is 9.90 Å². The second-order valence-corrected chi connectivity index (χ2v) is 6.22. The van der Waals surface area contributed by atoms with Gasteiger partial charge in [0.1, 0.15) is 10.8 Å². The van der Waals surface area contributed by atoms with Crippen LogP contribution in [0.4, 0.5) is 0 Å². The van der Waals surface area contributed by atoms with E-state index in [0.29, 0.717) is 11.1 Å². The molecule has 0 saturated heterocycles. The Morgan fingerprint density at radius 2 is 1.45 bits per heavy atom. The molecule has 1 N–H and O–H groups in total. The van der Waals surface area contributed by atoms with Gasteiger partial charge in [0.15, 0.2) is 0 Å². The molecular weight excluding hydrogens is 407 g/mol. The second kappa shape index (κ2) is 6.57. The number of hydrogen-bond acceptors (Lipinski definition) is 2. The monoisotopic (exact) mass is 414 g/mol. The van der Waals surface area contributed by atoms with E-state index in [2.05, 4.69) is 31.9 Å². The Kier molecular flexibility index (Phi) is 5.02. The number of hydrogen-bond donors (Lipinski definition) is 1. The Hall–Kier alpha value is -1.10. The van der Waals surface area contributed by atoms with Crippen LogP contribution in [0.15, 0.2) is 62.5 Å². The van der Waals surface area contributed by atoms with Crippen LogP contribution in [0.3, 0.4) is 0 Å². The highest BCUT2D eigenvalue weighted by Gasteiger charge is 2.16. The lowest BCUT2D eigenvalue weighted by molar-refractivity contribution is 0.104. The van der Waals surface area contributed by atoms with Gasteiger partial charge in [0, 0.05) is 20.1 Å². The second-order valence-electron chi connectivity index (χ2n) is 4.01. The van der Waals surface area contributed by atoms with E-state index < -0.39 is 5.78 Å². The zero-order chi connectivity index (χ0) is 14.7. The molecule has 0 aliphatic heterocycles. The van der Waals surface area contributed by atoms with Crippen molar-refractivity contribution in [3.8, 4) is 0 Å². The molecule has 0 saturated carbocycles. The largest absolute Gasteiger partial charge is 0.506 e. The van der Waals surface area contributed by atoms with Crippen LogP contribution in [-0.4, -0.2) is 10.9 Å². The van der Waals surface area contributed by atoms with Crippen LogP contribution in [-0.2, 0) is 0 Å². The fourth-order valence-corrected chi connectivity index (χ4v) is 2.64. The van der Waals surface area contributed by atoms with E-state index >= 15 is 0 Å². The highest BCUT2D eigenvalue weighted by Crippen LogP contribution is 2.25. The summed E-state index contributed by atoms with van der Waals surface area (Å²) in [6.45, 7) is 0. The average molecular weight is 416 g/mol.